The minimum absolute atomic E-state index is 0.0225. The van der Waals surface area contributed by atoms with E-state index in [0.717, 1.165) is 6.92 Å². The van der Waals surface area contributed by atoms with Gasteiger partial charge in [-0.3, -0.25) is 4.79 Å². The van der Waals surface area contributed by atoms with Crippen molar-refractivity contribution in [2.45, 2.75) is 13.0 Å². The van der Waals surface area contributed by atoms with Gasteiger partial charge in [-0.25, -0.2) is 18.0 Å². The molecule has 0 bridgehead atoms. The Hall–Kier alpha value is -4.81. The maximum Gasteiger partial charge on any atom is 0.352 e. The summed E-state index contributed by atoms with van der Waals surface area (Å²) < 4.78 is 99.2. The highest BCUT2D eigenvalue weighted by molar-refractivity contribution is 6.14. The molecule has 1 atom stereocenters. The van der Waals surface area contributed by atoms with Crippen LogP contribution >= 0.6 is 0 Å². The van der Waals surface area contributed by atoms with Gasteiger partial charge in [-0.05, 0) is 37.3 Å². The zero-order valence-electron chi connectivity index (χ0n) is 21.2. The van der Waals surface area contributed by atoms with Crippen molar-refractivity contribution in [1.29, 1.82) is 0 Å². The normalized spacial score (nSPS) is 13.9. The number of allylic oxidation sites excluding steroid dienone is 1. The van der Waals surface area contributed by atoms with E-state index in [0.29, 0.717) is 17.1 Å². The molecule has 0 spiro atoms. The third-order valence-corrected chi connectivity index (χ3v) is 5.68. The average Bonchev–Trinajstić information content (AvgIpc) is 3.26. The minimum Gasteiger partial charge on any atom is -0.493 e. The van der Waals surface area contributed by atoms with Crippen LogP contribution in [0.15, 0.2) is 36.1 Å². The Morgan fingerprint density at radius 2 is 1.45 bits per heavy atom. The number of halogens is 5. The van der Waals surface area contributed by atoms with Crippen LogP contribution in [0.5, 0.6) is 34.5 Å². The summed E-state index contributed by atoms with van der Waals surface area (Å²) in [5, 5.41) is 0. The first-order valence-corrected chi connectivity index (χ1v) is 11.3. The lowest BCUT2D eigenvalue weighted by atomic mass is 10.1. The molecule has 1 aliphatic rings. The summed E-state index contributed by atoms with van der Waals surface area (Å²) in [7, 11) is 4.27. The largest absolute Gasteiger partial charge is 0.493 e. The van der Waals surface area contributed by atoms with E-state index in [-0.39, 0.29) is 28.6 Å². The van der Waals surface area contributed by atoms with E-state index in [1.807, 2.05) is 0 Å². The number of rotatable bonds is 8. The molecule has 0 N–H and O–H groups in total. The molecule has 8 nitrogen and oxygen atoms in total. The number of benzene rings is 3. The lowest BCUT2D eigenvalue weighted by molar-refractivity contribution is -0.141. The summed E-state index contributed by atoms with van der Waals surface area (Å²) in [6.07, 6.45) is -0.383. The number of carbonyl (C=O) groups is 2. The van der Waals surface area contributed by atoms with Gasteiger partial charge in [0.25, 0.3) is 0 Å². The summed E-state index contributed by atoms with van der Waals surface area (Å²) in [5.41, 5.74) is 0.568. The second-order valence-corrected chi connectivity index (χ2v) is 8.10. The van der Waals surface area contributed by atoms with Crippen molar-refractivity contribution in [3.63, 3.8) is 0 Å². The smallest absolute Gasteiger partial charge is 0.352 e. The maximum absolute atomic E-state index is 13.9. The van der Waals surface area contributed by atoms with Gasteiger partial charge in [0.15, 0.2) is 29.1 Å². The van der Waals surface area contributed by atoms with Crippen LogP contribution in [0.4, 0.5) is 22.0 Å². The summed E-state index contributed by atoms with van der Waals surface area (Å²) in [4.78, 5) is 25.3. The molecule has 0 aliphatic carbocycles. The Kier molecular flexibility index (Phi) is 7.84. The van der Waals surface area contributed by atoms with Crippen LogP contribution < -0.4 is 28.4 Å². The Labute approximate surface area is 223 Å². The molecule has 0 amide bonds. The Bertz CT molecular complexity index is 1520. The fourth-order valence-corrected chi connectivity index (χ4v) is 3.72. The van der Waals surface area contributed by atoms with Crippen LogP contribution in [-0.2, 0) is 4.79 Å². The molecule has 4 rings (SSSR count). The molecule has 3 aromatic carbocycles. The molecule has 0 fully saturated rings. The van der Waals surface area contributed by atoms with Gasteiger partial charge in [0.2, 0.25) is 40.6 Å². The van der Waals surface area contributed by atoms with E-state index in [2.05, 4.69) is 4.74 Å². The van der Waals surface area contributed by atoms with Gasteiger partial charge in [0.1, 0.15) is 11.5 Å². The third kappa shape index (κ3) is 4.97. The monoisotopic (exact) mass is 566 g/mol. The van der Waals surface area contributed by atoms with Gasteiger partial charge < -0.3 is 28.4 Å². The zero-order chi connectivity index (χ0) is 29.3. The number of ketones is 1. The van der Waals surface area contributed by atoms with Gasteiger partial charge in [0.05, 0.1) is 26.9 Å². The Morgan fingerprint density at radius 1 is 0.825 bits per heavy atom. The van der Waals surface area contributed by atoms with Crippen LogP contribution in [0.2, 0.25) is 0 Å². The second-order valence-electron chi connectivity index (χ2n) is 8.10. The maximum atomic E-state index is 13.9. The molecule has 1 heterocycles. The van der Waals surface area contributed by atoms with Crippen molar-refractivity contribution >= 4 is 17.8 Å². The topological polar surface area (TPSA) is 89.5 Å². The minimum atomic E-state index is -2.37. The number of fused-ring (bicyclic) bond motifs is 1. The number of hydrogen-bond acceptors (Lipinski definition) is 8. The zero-order valence-corrected chi connectivity index (χ0v) is 21.2. The lowest BCUT2D eigenvalue weighted by Gasteiger charge is -2.15. The van der Waals surface area contributed by atoms with Crippen molar-refractivity contribution in [3.8, 4) is 34.5 Å². The fourth-order valence-electron chi connectivity index (χ4n) is 3.72. The molecule has 1 aliphatic heterocycles. The Balaban J connectivity index is 1.53. The summed E-state index contributed by atoms with van der Waals surface area (Å²) >= 11 is 0. The highest BCUT2D eigenvalue weighted by atomic mass is 19.2. The predicted molar refractivity (Wildman–Crippen MR) is 127 cm³/mol. The van der Waals surface area contributed by atoms with Gasteiger partial charge in [-0.2, -0.15) is 8.78 Å². The van der Waals surface area contributed by atoms with Crippen molar-refractivity contribution in [2.24, 2.45) is 0 Å². The Morgan fingerprint density at radius 3 is 2.05 bits per heavy atom. The van der Waals surface area contributed by atoms with Crippen LogP contribution in [0.3, 0.4) is 0 Å². The first-order valence-electron chi connectivity index (χ1n) is 11.3. The van der Waals surface area contributed by atoms with Crippen molar-refractivity contribution in [1.82, 2.24) is 0 Å². The lowest BCUT2D eigenvalue weighted by Crippen LogP contribution is -2.29. The van der Waals surface area contributed by atoms with E-state index in [1.54, 1.807) is 12.1 Å². The first kappa shape index (κ1) is 28.2. The van der Waals surface area contributed by atoms with Crippen LogP contribution in [0.1, 0.15) is 22.8 Å². The predicted octanol–water partition coefficient (Wildman–Crippen LogP) is 5.40. The highest BCUT2D eigenvalue weighted by Crippen LogP contribution is 2.42. The molecule has 0 saturated heterocycles. The number of Topliss-reactive ketones (excluding diaryl/α,β-unsaturated/α-hetero) is 1. The second kappa shape index (κ2) is 11.1. The van der Waals surface area contributed by atoms with E-state index in [4.69, 9.17) is 23.7 Å². The van der Waals surface area contributed by atoms with Crippen molar-refractivity contribution in [3.05, 3.63) is 76.3 Å². The first-order chi connectivity index (χ1) is 19.0. The highest BCUT2D eigenvalue weighted by Gasteiger charge is 2.32. The van der Waals surface area contributed by atoms with E-state index >= 15 is 0 Å². The standard InChI is InChI=1S/C27H19F5O8/c1-11(38-26-21(31)19(29)18(28)20(30)22(26)32)27(34)39-13-6-7-14-16(10-13)40-17(23(14)33)9-12-5-8-15(35-2)25(37-4)24(12)36-3/h5-11H,1-4H3/b17-9-. The van der Waals surface area contributed by atoms with Crippen molar-refractivity contribution < 1.29 is 60.0 Å². The molecule has 1 unspecified atom stereocenters. The van der Waals surface area contributed by atoms with E-state index in [1.165, 1.54) is 45.6 Å². The summed E-state index contributed by atoms with van der Waals surface area (Å²) in [6.45, 7) is 0.977. The van der Waals surface area contributed by atoms with Crippen LogP contribution in [-0.4, -0.2) is 39.2 Å². The van der Waals surface area contributed by atoms with Gasteiger partial charge in [-0.15, -0.1) is 0 Å². The van der Waals surface area contributed by atoms with Gasteiger partial charge in [-0.1, -0.05) is 0 Å². The molecular formula is C27H19F5O8. The molecule has 0 aromatic heterocycles. The molecular weight excluding hydrogens is 547 g/mol. The van der Waals surface area contributed by atoms with Crippen LogP contribution in [0.25, 0.3) is 6.08 Å². The van der Waals surface area contributed by atoms with E-state index < -0.39 is 52.7 Å². The quantitative estimate of drug-likeness (QED) is 0.0895. The molecule has 0 radical (unpaired) electrons. The molecule has 3 aromatic rings. The number of hydrogen-bond donors (Lipinski definition) is 0. The summed E-state index contributed by atoms with van der Waals surface area (Å²) in [5.74, 6) is -14.0. The molecule has 0 saturated carbocycles. The fraction of sp³-hybridized carbons (Fsp3) is 0.185. The SMILES string of the molecule is COc1ccc(/C=C2\Oc3cc(OC(=O)C(C)Oc4c(F)c(F)c(F)c(F)c4F)ccc3C2=O)c(OC)c1OC. The summed E-state index contributed by atoms with van der Waals surface area (Å²) in [6, 6.07) is 6.97. The molecule has 13 heteroatoms. The average molecular weight is 566 g/mol. The van der Waals surface area contributed by atoms with Crippen LogP contribution in [0, 0.1) is 29.1 Å². The van der Waals surface area contributed by atoms with Crippen molar-refractivity contribution in [2.75, 3.05) is 21.3 Å². The van der Waals surface area contributed by atoms with E-state index in [9.17, 15) is 31.5 Å². The molecule has 40 heavy (non-hydrogen) atoms. The van der Waals surface area contributed by atoms with Gasteiger partial charge >= 0.3 is 5.97 Å². The number of carbonyl (C=O) groups excluding carboxylic acids is 2. The number of methoxy groups -OCH3 is 3. The van der Waals surface area contributed by atoms with Gasteiger partial charge in [0, 0.05) is 11.6 Å². The number of ether oxygens (including phenoxy) is 6. The number of esters is 1. The molecule has 210 valence electrons. The third-order valence-electron chi connectivity index (χ3n) is 5.68.